The zero-order chi connectivity index (χ0) is 17.9. The molecule has 0 N–H and O–H groups in total. The molecule has 4 bridgehead atoms. The summed E-state index contributed by atoms with van der Waals surface area (Å²) < 4.78 is 23.9. The molecule has 4 aliphatic carbocycles. The molecule has 4 atom stereocenters. The summed E-state index contributed by atoms with van der Waals surface area (Å²) in [7, 11) is -1.38. The first-order valence-electron chi connectivity index (χ1n) is 9.07. The Labute approximate surface area is 154 Å². The van der Waals surface area contributed by atoms with E-state index in [9.17, 15) is 13.2 Å². The molecule has 0 radical (unpaired) electrons. The number of carbonyl (C=O) groups is 1. The van der Waals surface area contributed by atoms with E-state index in [2.05, 4.69) is 15.9 Å². The molecule has 0 aromatic rings. The Hall–Kier alpha value is -0.100. The number of alkyl halides is 1. The Bertz CT molecular complexity index is 618. The quantitative estimate of drug-likeness (QED) is 0.641. The van der Waals surface area contributed by atoms with Crippen LogP contribution in [-0.2, 0) is 14.6 Å². The lowest BCUT2D eigenvalue weighted by atomic mass is 9.48. The lowest BCUT2D eigenvalue weighted by Crippen LogP contribution is -2.54. The normalized spacial score (nSPS) is 40.4. The Morgan fingerprint density at radius 1 is 1.21 bits per heavy atom. The van der Waals surface area contributed by atoms with Gasteiger partial charge in [0.25, 0.3) is 0 Å². The van der Waals surface area contributed by atoms with Gasteiger partial charge in [0.1, 0.15) is 0 Å². The van der Waals surface area contributed by atoms with E-state index in [0.717, 1.165) is 18.3 Å². The fourth-order valence-corrected chi connectivity index (χ4v) is 8.30. The summed E-state index contributed by atoms with van der Waals surface area (Å²) in [5.74, 6) is 1.63. The molecular weight excluding hydrogens is 390 g/mol. The van der Waals surface area contributed by atoms with Gasteiger partial charge in [0.15, 0.2) is 9.84 Å². The molecule has 0 aromatic heterocycles. The lowest BCUT2D eigenvalue weighted by Gasteiger charge is -2.60. The highest BCUT2D eigenvalue weighted by Crippen LogP contribution is 2.65. The van der Waals surface area contributed by atoms with Gasteiger partial charge < -0.3 is 4.90 Å². The molecule has 0 aromatic carbocycles. The van der Waals surface area contributed by atoms with Gasteiger partial charge in [0.05, 0.1) is 5.25 Å². The summed E-state index contributed by atoms with van der Waals surface area (Å²) >= 11 is 3.99. The van der Waals surface area contributed by atoms with Crippen LogP contribution in [-0.4, -0.2) is 48.1 Å². The molecule has 0 spiro atoms. The molecule has 1 amide bonds. The van der Waals surface area contributed by atoms with Crippen molar-refractivity contribution < 1.29 is 13.2 Å². The van der Waals surface area contributed by atoms with Crippen molar-refractivity contribution in [3.63, 3.8) is 0 Å². The standard InChI is InChI=1S/C18H30BrNO3S/c1-12(13(2)24(4,22)23)20(3)16(21)10-17-6-14-5-15(7-17)9-18(19,8-14)11-17/h12-15H,5-11H2,1-4H3. The topological polar surface area (TPSA) is 54.5 Å². The SMILES string of the molecule is CC(C(C)S(C)(=O)=O)N(C)C(=O)CC12CC3CC(CC(Br)(C3)C1)C2. The summed E-state index contributed by atoms with van der Waals surface area (Å²) in [6, 6.07) is -0.292. The van der Waals surface area contributed by atoms with Gasteiger partial charge in [0.2, 0.25) is 5.91 Å². The van der Waals surface area contributed by atoms with E-state index in [1.807, 2.05) is 6.92 Å². The fraction of sp³-hybridized carbons (Fsp3) is 0.944. The minimum atomic E-state index is -3.14. The van der Waals surface area contributed by atoms with Gasteiger partial charge >= 0.3 is 0 Å². The zero-order valence-electron chi connectivity index (χ0n) is 15.2. The van der Waals surface area contributed by atoms with Crippen LogP contribution in [0.1, 0.15) is 58.8 Å². The summed E-state index contributed by atoms with van der Waals surface area (Å²) in [6.07, 6.45) is 9.13. The molecule has 4 nitrogen and oxygen atoms in total. The molecule has 0 heterocycles. The van der Waals surface area contributed by atoms with Crippen molar-refractivity contribution >= 4 is 31.7 Å². The molecule has 6 heteroatoms. The largest absolute Gasteiger partial charge is 0.342 e. The van der Waals surface area contributed by atoms with Gasteiger partial charge in [-0.25, -0.2) is 8.42 Å². The summed E-state index contributed by atoms with van der Waals surface area (Å²) in [5, 5.41) is -0.537. The van der Waals surface area contributed by atoms with Crippen molar-refractivity contribution in [2.75, 3.05) is 13.3 Å². The first-order chi connectivity index (χ1) is 10.9. The van der Waals surface area contributed by atoms with Crippen LogP contribution in [0.5, 0.6) is 0 Å². The van der Waals surface area contributed by atoms with E-state index < -0.39 is 15.1 Å². The number of rotatable bonds is 5. The number of halogens is 1. The molecule has 0 aliphatic heterocycles. The smallest absolute Gasteiger partial charge is 0.223 e. The second kappa shape index (κ2) is 5.97. The lowest BCUT2D eigenvalue weighted by molar-refractivity contribution is -0.138. The number of nitrogens with zero attached hydrogens (tertiary/aromatic N) is 1. The minimum absolute atomic E-state index is 0.107. The Morgan fingerprint density at radius 3 is 2.21 bits per heavy atom. The molecule has 4 unspecified atom stereocenters. The second-order valence-corrected chi connectivity index (χ2v) is 13.2. The van der Waals surface area contributed by atoms with Gasteiger partial charge in [-0.2, -0.15) is 0 Å². The van der Waals surface area contributed by atoms with E-state index >= 15 is 0 Å². The highest BCUT2D eigenvalue weighted by Gasteiger charge is 2.57. The van der Waals surface area contributed by atoms with Crippen LogP contribution in [0.4, 0.5) is 0 Å². The Morgan fingerprint density at radius 2 is 1.75 bits per heavy atom. The molecule has 138 valence electrons. The molecule has 24 heavy (non-hydrogen) atoms. The Kier molecular flexibility index (Phi) is 4.65. The van der Waals surface area contributed by atoms with Crippen molar-refractivity contribution in [3.05, 3.63) is 0 Å². The average molecular weight is 420 g/mol. The van der Waals surface area contributed by atoms with E-state index in [1.165, 1.54) is 38.4 Å². The number of hydrogen-bond acceptors (Lipinski definition) is 3. The molecule has 4 fully saturated rings. The minimum Gasteiger partial charge on any atom is -0.342 e. The highest BCUT2D eigenvalue weighted by atomic mass is 79.9. The third-order valence-corrected chi connectivity index (χ3v) is 9.67. The van der Waals surface area contributed by atoms with Gasteiger partial charge in [-0.15, -0.1) is 0 Å². The van der Waals surface area contributed by atoms with Gasteiger partial charge in [0, 0.05) is 30.1 Å². The van der Waals surface area contributed by atoms with Gasteiger partial charge in [-0.3, -0.25) is 4.79 Å². The van der Waals surface area contributed by atoms with Crippen molar-refractivity contribution in [1.82, 2.24) is 4.90 Å². The van der Waals surface area contributed by atoms with Crippen LogP contribution in [0.2, 0.25) is 0 Å². The predicted octanol–water partition coefficient (Wildman–Crippen LogP) is 3.39. The molecule has 4 aliphatic rings. The average Bonchev–Trinajstić information content (AvgIpc) is 2.40. The maximum atomic E-state index is 12.9. The molecular formula is C18H30BrNO3S. The van der Waals surface area contributed by atoms with E-state index in [-0.39, 0.29) is 21.7 Å². The van der Waals surface area contributed by atoms with E-state index in [0.29, 0.717) is 6.42 Å². The van der Waals surface area contributed by atoms with Crippen LogP contribution in [0.25, 0.3) is 0 Å². The number of sulfone groups is 1. The molecule has 4 rings (SSSR count). The van der Waals surface area contributed by atoms with Crippen LogP contribution in [0.15, 0.2) is 0 Å². The van der Waals surface area contributed by atoms with Gasteiger partial charge in [-0.05, 0) is 69.6 Å². The highest BCUT2D eigenvalue weighted by molar-refractivity contribution is 9.10. The summed E-state index contributed by atoms with van der Waals surface area (Å²) in [6.45, 7) is 3.54. The van der Waals surface area contributed by atoms with Crippen molar-refractivity contribution in [3.8, 4) is 0 Å². The first-order valence-corrected chi connectivity index (χ1v) is 11.8. The van der Waals surface area contributed by atoms with Crippen LogP contribution in [0, 0.1) is 17.3 Å². The first kappa shape index (κ1) is 18.7. The third kappa shape index (κ3) is 3.42. The van der Waals surface area contributed by atoms with Crippen LogP contribution < -0.4 is 0 Å². The zero-order valence-corrected chi connectivity index (χ0v) is 17.6. The van der Waals surface area contributed by atoms with Crippen molar-refractivity contribution in [1.29, 1.82) is 0 Å². The van der Waals surface area contributed by atoms with Crippen molar-refractivity contribution in [2.24, 2.45) is 17.3 Å². The van der Waals surface area contributed by atoms with Crippen LogP contribution in [0.3, 0.4) is 0 Å². The van der Waals surface area contributed by atoms with Gasteiger partial charge in [-0.1, -0.05) is 15.9 Å². The fourth-order valence-electron chi connectivity index (χ4n) is 5.89. The van der Waals surface area contributed by atoms with E-state index in [1.54, 1.807) is 18.9 Å². The molecule has 0 saturated heterocycles. The predicted molar refractivity (Wildman–Crippen MR) is 99.9 cm³/mol. The molecule has 4 saturated carbocycles. The third-order valence-electron chi connectivity index (χ3n) is 7.00. The summed E-state index contributed by atoms with van der Waals surface area (Å²) in [5.41, 5.74) is 0.132. The van der Waals surface area contributed by atoms with Crippen LogP contribution >= 0.6 is 15.9 Å². The summed E-state index contributed by atoms with van der Waals surface area (Å²) in [4.78, 5) is 14.6. The van der Waals surface area contributed by atoms with E-state index in [4.69, 9.17) is 0 Å². The monoisotopic (exact) mass is 419 g/mol. The Balaban J connectivity index is 1.71. The number of carbonyl (C=O) groups excluding carboxylic acids is 1. The second-order valence-electron chi connectivity index (χ2n) is 9.07. The maximum Gasteiger partial charge on any atom is 0.223 e. The number of hydrogen-bond donors (Lipinski definition) is 0. The maximum absolute atomic E-state index is 12.9. The van der Waals surface area contributed by atoms with Crippen molar-refractivity contribution in [2.45, 2.75) is 74.4 Å². The number of amides is 1.